The Morgan fingerprint density at radius 3 is 2.75 bits per heavy atom. The molecule has 0 aliphatic heterocycles. The van der Waals surface area contributed by atoms with Crippen molar-refractivity contribution in [2.24, 2.45) is 0 Å². The van der Waals surface area contributed by atoms with Crippen molar-refractivity contribution in [3.63, 3.8) is 0 Å². The molecule has 66 valence electrons. The second-order valence-electron chi connectivity index (χ2n) is 3.04. The summed E-state index contributed by atoms with van der Waals surface area (Å²) in [5.41, 5.74) is 0.251. The molecule has 0 amide bonds. The van der Waals surface area contributed by atoms with Gasteiger partial charge in [-0.25, -0.2) is 0 Å². The van der Waals surface area contributed by atoms with Crippen molar-refractivity contribution in [1.29, 1.82) is 0 Å². The van der Waals surface area contributed by atoms with Gasteiger partial charge in [-0.15, -0.1) is 0 Å². The lowest BCUT2D eigenvalue weighted by Gasteiger charge is -2.29. The van der Waals surface area contributed by atoms with E-state index in [1.54, 1.807) is 12.2 Å². The zero-order chi connectivity index (χ0) is 9.19. The highest BCUT2D eigenvalue weighted by Gasteiger charge is 2.34. The second-order valence-corrected chi connectivity index (χ2v) is 3.04. The lowest BCUT2D eigenvalue weighted by atomic mass is 9.88. The minimum atomic E-state index is -0.719. The van der Waals surface area contributed by atoms with Crippen LogP contribution in [0.15, 0.2) is 23.8 Å². The first-order chi connectivity index (χ1) is 5.61. The van der Waals surface area contributed by atoms with E-state index in [1.165, 1.54) is 0 Å². The summed E-state index contributed by atoms with van der Waals surface area (Å²) in [6.45, 7) is 6.18. The van der Waals surface area contributed by atoms with Crippen LogP contribution in [-0.2, 0) is 9.53 Å². The summed E-state index contributed by atoms with van der Waals surface area (Å²) in [5.74, 6) is 0.0318. The number of ketones is 1. The molecule has 0 aromatic carbocycles. The third-order valence-corrected chi connectivity index (χ3v) is 2.25. The number of rotatable bonds is 2. The smallest absolute Gasteiger partial charge is 0.191 e. The molecule has 0 aromatic rings. The van der Waals surface area contributed by atoms with Gasteiger partial charge in [0.05, 0.1) is 0 Å². The van der Waals surface area contributed by atoms with Gasteiger partial charge in [0.1, 0.15) is 5.60 Å². The Labute approximate surface area is 72.9 Å². The highest BCUT2D eigenvalue weighted by molar-refractivity contribution is 6.00. The van der Waals surface area contributed by atoms with Crippen LogP contribution in [0.25, 0.3) is 0 Å². The Kier molecular flexibility index (Phi) is 2.48. The summed E-state index contributed by atoms with van der Waals surface area (Å²) in [6, 6.07) is 0. The first kappa shape index (κ1) is 9.20. The number of carbonyl (C=O) groups excluding carboxylic acids is 1. The maximum Gasteiger partial charge on any atom is 0.191 e. The zero-order valence-corrected chi connectivity index (χ0v) is 7.76. The quantitative estimate of drug-likeness (QED) is 0.626. The van der Waals surface area contributed by atoms with Gasteiger partial charge < -0.3 is 4.74 Å². The number of hydrogen-bond acceptors (Lipinski definition) is 2. The third kappa shape index (κ3) is 1.34. The van der Waals surface area contributed by atoms with Crippen LogP contribution >= 0.6 is 0 Å². The average molecular weight is 166 g/mol. The Hall–Kier alpha value is -0.890. The first-order valence-electron chi connectivity index (χ1n) is 4.15. The third-order valence-electron chi connectivity index (χ3n) is 2.25. The van der Waals surface area contributed by atoms with E-state index < -0.39 is 5.60 Å². The van der Waals surface area contributed by atoms with Crippen LogP contribution in [0, 0.1) is 0 Å². The van der Waals surface area contributed by atoms with Crippen molar-refractivity contribution in [3.05, 3.63) is 23.8 Å². The molecule has 1 aliphatic carbocycles. The van der Waals surface area contributed by atoms with Crippen LogP contribution in [0.2, 0.25) is 0 Å². The van der Waals surface area contributed by atoms with Gasteiger partial charge in [0.2, 0.25) is 0 Å². The second kappa shape index (κ2) is 3.23. The lowest BCUT2D eigenvalue weighted by Crippen LogP contribution is -2.39. The molecule has 1 unspecified atom stereocenters. The van der Waals surface area contributed by atoms with Crippen molar-refractivity contribution < 1.29 is 9.53 Å². The van der Waals surface area contributed by atoms with Crippen LogP contribution in [0.3, 0.4) is 0 Å². The zero-order valence-electron chi connectivity index (χ0n) is 7.76. The molecule has 0 saturated heterocycles. The SMILES string of the molecule is CCOC1(C)C(=O)C=CC=C1C. The average Bonchev–Trinajstić information content (AvgIpc) is 2.02. The van der Waals surface area contributed by atoms with Crippen LogP contribution in [0.4, 0.5) is 0 Å². The molecule has 12 heavy (non-hydrogen) atoms. The highest BCUT2D eigenvalue weighted by Crippen LogP contribution is 2.25. The molecule has 2 nitrogen and oxygen atoms in total. The molecular formula is C10H14O2. The van der Waals surface area contributed by atoms with Gasteiger partial charge in [0, 0.05) is 6.61 Å². The number of allylic oxidation sites excluding steroid dienone is 2. The summed E-state index contributed by atoms with van der Waals surface area (Å²) in [4.78, 5) is 11.5. The maximum atomic E-state index is 11.5. The normalized spacial score (nSPS) is 28.9. The van der Waals surface area contributed by atoms with Gasteiger partial charge in [-0.2, -0.15) is 0 Å². The van der Waals surface area contributed by atoms with E-state index in [-0.39, 0.29) is 5.78 Å². The molecule has 0 radical (unpaired) electrons. The van der Waals surface area contributed by atoms with E-state index in [4.69, 9.17) is 4.74 Å². The van der Waals surface area contributed by atoms with E-state index in [0.717, 1.165) is 5.57 Å². The van der Waals surface area contributed by atoms with Gasteiger partial charge in [-0.05, 0) is 32.4 Å². The molecule has 2 heteroatoms. The Morgan fingerprint density at radius 2 is 2.25 bits per heavy atom. The summed E-state index contributed by atoms with van der Waals surface area (Å²) >= 11 is 0. The van der Waals surface area contributed by atoms with Crippen molar-refractivity contribution in [1.82, 2.24) is 0 Å². The summed E-state index contributed by atoms with van der Waals surface area (Å²) in [7, 11) is 0. The maximum absolute atomic E-state index is 11.5. The summed E-state index contributed by atoms with van der Waals surface area (Å²) < 4.78 is 5.43. The predicted octanol–water partition coefficient (Wildman–Crippen LogP) is 1.87. The minimum absolute atomic E-state index is 0.0318. The first-order valence-corrected chi connectivity index (χ1v) is 4.15. The van der Waals surface area contributed by atoms with Gasteiger partial charge in [-0.3, -0.25) is 4.79 Å². The number of ether oxygens (including phenoxy) is 1. The molecular weight excluding hydrogens is 152 g/mol. The van der Waals surface area contributed by atoms with E-state index >= 15 is 0 Å². The van der Waals surface area contributed by atoms with Crippen LogP contribution in [0.1, 0.15) is 20.8 Å². The van der Waals surface area contributed by atoms with E-state index in [1.807, 2.05) is 26.8 Å². The Bertz CT molecular complexity index is 251. The highest BCUT2D eigenvalue weighted by atomic mass is 16.5. The van der Waals surface area contributed by atoms with Gasteiger partial charge >= 0.3 is 0 Å². The molecule has 0 heterocycles. The van der Waals surface area contributed by atoms with Gasteiger partial charge in [0.25, 0.3) is 0 Å². The Balaban J connectivity index is 2.94. The fourth-order valence-electron chi connectivity index (χ4n) is 1.27. The van der Waals surface area contributed by atoms with Crippen LogP contribution in [0.5, 0.6) is 0 Å². The molecule has 1 rings (SSSR count). The minimum Gasteiger partial charge on any atom is -0.363 e. The molecule has 0 fully saturated rings. The number of hydrogen-bond donors (Lipinski definition) is 0. The van der Waals surface area contributed by atoms with Crippen molar-refractivity contribution in [2.45, 2.75) is 26.4 Å². The van der Waals surface area contributed by atoms with Crippen LogP contribution < -0.4 is 0 Å². The molecule has 1 atom stereocenters. The molecule has 0 aromatic heterocycles. The Morgan fingerprint density at radius 1 is 1.58 bits per heavy atom. The fraction of sp³-hybridized carbons (Fsp3) is 0.500. The lowest BCUT2D eigenvalue weighted by molar-refractivity contribution is -0.132. The van der Waals surface area contributed by atoms with E-state index in [0.29, 0.717) is 6.61 Å². The van der Waals surface area contributed by atoms with Crippen LogP contribution in [-0.4, -0.2) is 18.0 Å². The predicted molar refractivity (Wildman–Crippen MR) is 47.9 cm³/mol. The van der Waals surface area contributed by atoms with E-state index in [9.17, 15) is 4.79 Å². The van der Waals surface area contributed by atoms with Crippen molar-refractivity contribution >= 4 is 5.78 Å². The van der Waals surface area contributed by atoms with Gasteiger partial charge in [-0.1, -0.05) is 12.2 Å². The standard InChI is InChI=1S/C10H14O2/c1-4-12-10(3)8(2)6-5-7-9(10)11/h5-7H,4H2,1-3H3. The largest absolute Gasteiger partial charge is 0.363 e. The molecule has 0 bridgehead atoms. The molecule has 0 spiro atoms. The monoisotopic (exact) mass is 166 g/mol. The summed E-state index contributed by atoms with van der Waals surface area (Å²) in [5, 5.41) is 0. The van der Waals surface area contributed by atoms with Crippen molar-refractivity contribution in [3.8, 4) is 0 Å². The number of carbonyl (C=O) groups is 1. The molecule has 0 saturated carbocycles. The topological polar surface area (TPSA) is 26.3 Å². The molecule has 0 N–H and O–H groups in total. The van der Waals surface area contributed by atoms with Crippen molar-refractivity contribution in [2.75, 3.05) is 6.61 Å². The van der Waals surface area contributed by atoms with E-state index in [2.05, 4.69) is 0 Å². The molecule has 1 aliphatic rings. The van der Waals surface area contributed by atoms with Gasteiger partial charge in [0.15, 0.2) is 5.78 Å². The fourth-order valence-corrected chi connectivity index (χ4v) is 1.27. The summed E-state index contributed by atoms with van der Waals surface area (Å²) in [6.07, 6.45) is 5.23.